The zero-order valence-electron chi connectivity index (χ0n) is 11.7. The van der Waals surface area contributed by atoms with Crippen LogP contribution in [0.3, 0.4) is 0 Å². The highest BCUT2D eigenvalue weighted by Gasteiger charge is 2.23. The number of hydrogen-bond acceptors (Lipinski definition) is 3. The third-order valence-electron chi connectivity index (χ3n) is 2.84. The Hall–Kier alpha value is -0.710. The quantitative estimate of drug-likeness (QED) is 0.885. The number of nitrogens with zero attached hydrogens (tertiary/aromatic N) is 1. The smallest absolute Gasteiger partial charge is 0.123 e. The number of rotatable bonds is 3. The van der Waals surface area contributed by atoms with Crippen LogP contribution < -0.4 is 5.32 Å². The van der Waals surface area contributed by atoms with E-state index < -0.39 is 0 Å². The molecular weight excluding hydrogens is 320 g/mol. The van der Waals surface area contributed by atoms with Crippen LogP contribution in [0.5, 0.6) is 0 Å². The van der Waals surface area contributed by atoms with Crippen molar-refractivity contribution in [2.24, 2.45) is 0 Å². The third-order valence-corrected chi connectivity index (χ3v) is 4.47. The monoisotopic (exact) mass is 338 g/mol. The molecule has 2 nitrogen and oxygen atoms in total. The van der Waals surface area contributed by atoms with E-state index in [0.29, 0.717) is 0 Å². The second kappa shape index (κ2) is 5.73. The topological polar surface area (TPSA) is 24.9 Å². The number of halogens is 1. The molecule has 0 amide bonds. The molecule has 1 aromatic carbocycles. The van der Waals surface area contributed by atoms with E-state index >= 15 is 0 Å². The number of aromatic nitrogens is 1. The van der Waals surface area contributed by atoms with Crippen LogP contribution >= 0.6 is 27.3 Å². The highest BCUT2D eigenvalue weighted by molar-refractivity contribution is 9.10. The first-order valence-corrected chi connectivity index (χ1v) is 7.93. The lowest BCUT2D eigenvalue weighted by Crippen LogP contribution is -2.16. The molecule has 1 aromatic heterocycles. The molecule has 0 bridgehead atoms. The van der Waals surface area contributed by atoms with Crippen molar-refractivity contribution >= 4 is 27.3 Å². The summed E-state index contributed by atoms with van der Waals surface area (Å²) in [6, 6.07) is 8.34. The van der Waals surface area contributed by atoms with Crippen LogP contribution in [0.1, 0.15) is 31.3 Å². The van der Waals surface area contributed by atoms with Gasteiger partial charge in [-0.15, -0.1) is 11.3 Å². The molecule has 0 atom stereocenters. The molecule has 0 fully saturated rings. The molecule has 0 aliphatic rings. The van der Waals surface area contributed by atoms with Crippen molar-refractivity contribution in [3.63, 3.8) is 0 Å². The van der Waals surface area contributed by atoms with E-state index in [4.69, 9.17) is 4.98 Å². The van der Waals surface area contributed by atoms with Crippen LogP contribution in [0.2, 0.25) is 0 Å². The number of benzene rings is 1. The lowest BCUT2D eigenvalue weighted by molar-refractivity contribution is 0.563. The van der Waals surface area contributed by atoms with Crippen molar-refractivity contribution in [2.45, 2.75) is 32.7 Å². The van der Waals surface area contributed by atoms with Crippen LogP contribution in [0.4, 0.5) is 0 Å². The van der Waals surface area contributed by atoms with Gasteiger partial charge in [0.25, 0.3) is 0 Å². The van der Waals surface area contributed by atoms with Gasteiger partial charge in [0.05, 0.1) is 5.69 Å². The Bertz CT molecular complexity index is 553. The van der Waals surface area contributed by atoms with E-state index in [1.165, 1.54) is 16.1 Å². The fourth-order valence-electron chi connectivity index (χ4n) is 1.93. The highest BCUT2D eigenvalue weighted by Crippen LogP contribution is 2.34. The van der Waals surface area contributed by atoms with Gasteiger partial charge in [0.2, 0.25) is 0 Å². The summed E-state index contributed by atoms with van der Waals surface area (Å²) in [6.45, 7) is 7.52. The zero-order valence-corrected chi connectivity index (χ0v) is 14.2. The third kappa shape index (κ3) is 3.44. The average molecular weight is 339 g/mol. The lowest BCUT2D eigenvalue weighted by Gasteiger charge is -2.17. The standard InChI is InChI=1S/C15H19BrN2S/c1-15(2,3)13-12(9-17-4)19-14(18-13)10-5-7-11(16)8-6-10/h5-8,17H,9H2,1-4H3. The lowest BCUT2D eigenvalue weighted by atomic mass is 9.91. The van der Waals surface area contributed by atoms with Gasteiger partial charge in [0.15, 0.2) is 0 Å². The van der Waals surface area contributed by atoms with Crippen LogP contribution in [0.25, 0.3) is 10.6 Å². The van der Waals surface area contributed by atoms with Gasteiger partial charge in [-0.2, -0.15) is 0 Å². The van der Waals surface area contributed by atoms with Gasteiger partial charge in [-0.05, 0) is 19.2 Å². The highest BCUT2D eigenvalue weighted by atomic mass is 79.9. The van der Waals surface area contributed by atoms with Gasteiger partial charge in [-0.3, -0.25) is 0 Å². The Balaban J connectivity index is 2.45. The molecule has 1 heterocycles. The average Bonchev–Trinajstić information content (AvgIpc) is 2.74. The second-order valence-corrected chi connectivity index (χ2v) is 7.58. The Labute approximate surface area is 127 Å². The molecule has 2 aromatic rings. The van der Waals surface area contributed by atoms with Crippen LogP contribution in [0, 0.1) is 0 Å². The maximum atomic E-state index is 4.86. The molecule has 0 spiro atoms. The minimum atomic E-state index is 0.0797. The molecule has 1 N–H and O–H groups in total. The van der Waals surface area contributed by atoms with E-state index in [1.807, 2.05) is 7.05 Å². The summed E-state index contributed by atoms with van der Waals surface area (Å²) in [5.41, 5.74) is 2.46. The Morgan fingerprint density at radius 1 is 1.21 bits per heavy atom. The fraction of sp³-hybridized carbons (Fsp3) is 0.400. The van der Waals surface area contributed by atoms with Crippen molar-refractivity contribution in [2.75, 3.05) is 7.05 Å². The van der Waals surface area contributed by atoms with Gasteiger partial charge in [0, 0.05) is 26.9 Å². The van der Waals surface area contributed by atoms with Crippen molar-refractivity contribution in [1.82, 2.24) is 10.3 Å². The first kappa shape index (κ1) is 14.7. The van der Waals surface area contributed by atoms with E-state index in [0.717, 1.165) is 16.0 Å². The van der Waals surface area contributed by atoms with E-state index in [9.17, 15) is 0 Å². The van der Waals surface area contributed by atoms with Crippen LogP contribution in [0.15, 0.2) is 28.7 Å². The Kier molecular flexibility index (Phi) is 4.43. The molecule has 4 heteroatoms. The van der Waals surface area contributed by atoms with Crippen molar-refractivity contribution < 1.29 is 0 Å². The van der Waals surface area contributed by atoms with Crippen molar-refractivity contribution in [3.05, 3.63) is 39.3 Å². The molecule has 0 aliphatic carbocycles. The molecule has 0 radical (unpaired) electrons. The van der Waals surface area contributed by atoms with Gasteiger partial charge in [-0.1, -0.05) is 48.8 Å². The second-order valence-electron chi connectivity index (χ2n) is 5.58. The molecule has 2 rings (SSSR count). The van der Waals surface area contributed by atoms with E-state index in [2.05, 4.69) is 66.3 Å². The predicted molar refractivity (Wildman–Crippen MR) is 86.7 cm³/mol. The van der Waals surface area contributed by atoms with Crippen molar-refractivity contribution in [3.8, 4) is 10.6 Å². The molecule has 0 unspecified atom stereocenters. The minimum Gasteiger partial charge on any atom is -0.315 e. The van der Waals surface area contributed by atoms with Gasteiger partial charge < -0.3 is 5.32 Å². The largest absolute Gasteiger partial charge is 0.315 e. The van der Waals surface area contributed by atoms with E-state index in [-0.39, 0.29) is 5.41 Å². The maximum Gasteiger partial charge on any atom is 0.123 e. The fourth-order valence-corrected chi connectivity index (χ4v) is 3.49. The molecule has 102 valence electrons. The van der Waals surface area contributed by atoms with Gasteiger partial charge in [-0.25, -0.2) is 4.98 Å². The normalized spacial score (nSPS) is 11.8. The predicted octanol–water partition coefficient (Wildman–Crippen LogP) is 4.59. The zero-order chi connectivity index (χ0) is 14.0. The first-order chi connectivity index (χ1) is 8.91. The molecule has 19 heavy (non-hydrogen) atoms. The van der Waals surface area contributed by atoms with E-state index in [1.54, 1.807) is 11.3 Å². The summed E-state index contributed by atoms with van der Waals surface area (Å²) in [7, 11) is 1.98. The van der Waals surface area contributed by atoms with Gasteiger partial charge in [0.1, 0.15) is 5.01 Å². The van der Waals surface area contributed by atoms with Crippen LogP contribution in [-0.4, -0.2) is 12.0 Å². The molecule has 0 saturated carbocycles. The SMILES string of the molecule is CNCc1sc(-c2ccc(Br)cc2)nc1C(C)(C)C. The molecular formula is C15H19BrN2S. The number of thiazole rings is 1. The summed E-state index contributed by atoms with van der Waals surface area (Å²) >= 11 is 5.25. The van der Waals surface area contributed by atoms with Gasteiger partial charge >= 0.3 is 0 Å². The minimum absolute atomic E-state index is 0.0797. The summed E-state index contributed by atoms with van der Waals surface area (Å²) in [6.07, 6.45) is 0. The summed E-state index contributed by atoms with van der Waals surface area (Å²) < 4.78 is 1.10. The maximum absolute atomic E-state index is 4.86. The van der Waals surface area contributed by atoms with Crippen molar-refractivity contribution in [1.29, 1.82) is 0 Å². The number of hydrogen-bond donors (Lipinski definition) is 1. The molecule has 0 aliphatic heterocycles. The van der Waals surface area contributed by atoms with Crippen LogP contribution in [-0.2, 0) is 12.0 Å². The summed E-state index contributed by atoms with van der Waals surface area (Å²) in [5, 5.41) is 4.33. The first-order valence-electron chi connectivity index (χ1n) is 6.32. The molecule has 0 saturated heterocycles. The summed E-state index contributed by atoms with van der Waals surface area (Å²) in [4.78, 5) is 6.19. The summed E-state index contributed by atoms with van der Waals surface area (Å²) in [5.74, 6) is 0. The Morgan fingerprint density at radius 2 is 1.84 bits per heavy atom. The number of nitrogens with one attached hydrogen (secondary N) is 1. The Morgan fingerprint density at radius 3 is 2.37 bits per heavy atom.